The highest BCUT2D eigenvalue weighted by Gasteiger charge is 2.14. The second-order valence-electron chi connectivity index (χ2n) is 6.71. The SMILES string of the molecule is Cc1cc(C[C@@H](C)NC(=O)Nc2c(C)cnn2Cc2cccc(F)c2)n[nH]1. The van der Waals surface area contributed by atoms with E-state index < -0.39 is 0 Å². The van der Waals surface area contributed by atoms with E-state index in [-0.39, 0.29) is 17.9 Å². The molecule has 0 aliphatic rings. The van der Waals surface area contributed by atoms with Crippen molar-refractivity contribution in [1.29, 1.82) is 0 Å². The van der Waals surface area contributed by atoms with E-state index in [9.17, 15) is 9.18 Å². The number of halogens is 1. The van der Waals surface area contributed by atoms with Crippen LogP contribution in [0.2, 0.25) is 0 Å². The average molecular weight is 370 g/mol. The summed E-state index contributed by atoms with van der Waals surface area (Å²) in [7, 11) is 0. The minimum atomic E-state index is -0.321. The predicted molar refractivity (Wildman–Crippen MR) is 101 cm³/mol. The molecule has 8 heteroatoms. The normalized spacial score (nSPS) is 12.0. The fourth-order valence-electron chi connectivity index (χ4n) is 2.88. The summed E-state index contributed by atoms with van der Waals surface area (Å²) in [6.45, 7) is 6.08. The number of aryl methyl sites for hydroxylation is 2. The van der Waals surface area contributed by atoms with Crippen LogP contribution in [-0.4, -0.2) is 32.1 Å². The van der Waals surface area contributed by atoms with Crippen molar-refractivity contribution < 1.29 is 9.18 Å². The topological polar surface area (TPSA) is 87.6 Å². The van der Waals surface area contributed by atoms with Crippen LogP contribution < -0.4 is 10.6 Å². The zero-order valence-electron chi connectivity index (χ0n) is 15.6. The Morgan fingerprint density at radius 2 is 2.15 bits per heavy atom. The van der Waals surface area contributed by atoms with E-state index >= 15 is 0 Å². The molecule has 0 fully saturated rings. The minimum absolute atomic E-state index is 0.0902. The smallest absolute Gasteiger partial charge is 0.320 e. The fourth-order valence-corrected chi connectivity index (χ4v) is 2.88. The van der Waals surface area contributed by atoms with E-state index in [4.69, 9.17) is 0 Å². The number of carbonyl (C=O) groups excluding carboxylic acids is 1. The van der Waals surface area contributed by atoms with Gasteiger partial charge < -0.3 is 5.32 Å². The van der Waals surface area contributed by atoms with Gasteiger partial charge in [-0.05, 0) is 44.5 Å². The lowest BCUT2D eigenvalue weighted by Gasteiger charge is -2.15. The summed E-state index contributed by atoms with van der Waals surface area (Å²) in [5.41, 5.74) is 3.48. The Morgan fingerprint density at radius 1 is 1.33 bits per heavy atom. The first kappa shape index (κ1) is 18.6. The lowest BCUT2D eigenvalue weighted by atomic mass is 10.2. The molecule has 1 atom stereocenters. The summed E-state index contributed by atoms with van der Waals surface area (Å²) in [6, 6.07) is 7.86. The second-order valence-corrected chi connectivity index (χ2v) is 6.71. The van der Waals surface area contributed by atoms with Crippen molar-refractivity contribution in [3.05, 3.63) is 64.9 Å². The van der Waals surface area contributed by atoms with Gasteiger partial charge in [-0.2, -0.15) is 10.2 Å². The second kappa shape index (κ2) is 8.03. The van der Waals surface area contributed by atoms with Crippen LogP contribution in [0.5, 0.6) is 0 Å². The third kappa shape index (κ3) is 4.93. The summed E-state index contributed by atoms with van der Waals surface area (Å²) in [5.74, 6) is 0.283. The highest BCUT2D eigenvalue weighted by Crippen LogP contribution is 2.16. The van der Waals surface area contributed by atoms with E-state index in [1.165, 1.54) is 12.1 Å². The third-order valence-corrected chi connectivity index (χ3v) is 4.13. The number of H-pyrrole nitrogens is 1. The number of rotatable bonds is 6. The molecule has 1 aromatic carbocycles. The molecule has 0 aliphatic carbocycles. The van der Waals surface area contributed by atoms with Crippen molar-refractivity contribution in [2.75, 3.05) is 5.32 Å². The van der Waals surface area contributed by atoms with Crippen LogP contribution >= 0.6 is 0 Å². The Hall–Kier alpha value is -3.16. The van der Waals surface area contributed by atoms with Crippen molar-refractivity contribution in [3.8, 4) is 0 Å². The molecule has 0 saturated carbocycles. The summed E-state index contributed by atoms with van der Waals surface area (Å²) in [5, 5.41) is 17.1. The summed E-state index contributed by atoms with van der Waals surface area (Å²) < 4.78 is 15.0. The summed E-state index contributed by atoms with van der Waals surface area (Å²) in [4.78, 5) is 12.4. The Kier molecular flexibility index (Phi) is 5.54. The first-order valence-electron chi connectivity index (χ1n) is 8.76. The molecule has 2 amide bonds. The monoisotopic (exact) mass is 370 g/mol. The molecule has 3 N–H and O–H groups in total. The Morgan fingerprint density at radius 3 is 2.85 bits per heavy atom. The van der Waals surface area contributed by atoms with E-state index in [2.05, 4.69) is 25.9 Å². The largest absolute Gasteiger partial charge is 0.335 e. The maximum absolute atomic E-state index is 13.4. The number of carbonyl (C=O) groups is 1. The highest BCUT2D eigenvalue weighted by molar-refractivity contribution is 5.89. The zero-order chi connectivity index (χ0) is 19.4. The van der Waals surface area contributed by atoms with Gasteiger partial charge in [-0.1, -0.05) is 12.1 Å². The highest BCUT2D eigenvalue weighted by atomic mass is 19.1. The number of anilines is 1. The van der Waals surface area contributed by atoms with Gasteiger partial charge in [0.15, 0.2) is 0 Å². The van der Waals surface area contributed by atoms with Gasteiger partial charge in [0.25, 0.3) is 0 Å². The van der Waals surface area contributed by atoms with Crippen molar-refractivity contribution in [2.24, 2.45) is 0 Å². The minimum Gasteiger partial charge on any atom is -0.335 e. The van der Waals surface area contributed by atoms with Crippen molar-refractivity contribution in [1.82, 2.24) is 25.3 Å². The van der Waals surface area contributed by atoms with Crippen molar-refractivity contribution in [2.45, 2.75) is 39.8 Å². The molecule has 0 aliphatic heterocycles. The first-order chi connectivity index (χ1) is 12.9. The lowest BCUT2D eigenvalue weighted by molar-refractivity contribution is 0.249. The number of aromatic nitrogens is 4. The fraction of sp³-hybridized carbons (Fsp3) is 0.316. The quantitative estimate of drug-likeness (QED) is 0.623. The predicted octanol–water partition coefficient (Wildman–Crippen LogP) is 3.16. The number of amides is 2. The van der Waals surface area contributed by atoms with E-state index in [0.29, 0.717) is 18.8 Å². The molecule has 3 aromatic rings. The van der Waals surface area contributed by atoms with Crippen LogP contribution in [-0.2, 0) is 13.0 Å². The number of hydrogen-bond donors (Lipinski definition) is 3. The molecule has 0 unspecified atom stereocenters. The number of benzene rings is 1. The number of nitrogens with zero attached hydrogens (tertiary/aromatic N) is 3. The van der Waals surface area contributed by atoms with Crippen LogP contribution in [0.1, 0.15) is 29.4 Å². The van der Waals surface area contributed by atoms with Gasteiger partial charge >= 0.3 is 6.03 Å². The van der Waals surface area contributed by atoms with Gasteiger partial charge in [0, 0.05) is 23.7 Å². The molecule has 0 radical (unpaired) electrons. The molecule has 0 spiro atoms. The number of nitrogens with one attached hydrogen (secondary N) is 3. The van der Waals surface area contributed by atoms with Gasteiger partial charge in [0.1, 0.15) is 11.6 Å². The maximum Gasteiger partial charge on any atom is 0.320 e. The number of hydrogen-bond acceptors (Lipinski definition) is 3. The van der Waals surface area contributed by atoms with Crippen molar-refractivity contribution in [3.63, 3.8) is 0 Å². The van der Waals surface area contributed by atoms with Crippen molar-refractivity contribution >= 4 is 11.8 Å². The molecule has 3 rings (SSSR count). The van der Waals surface area contributed by atoms with Crippen LogP contribution in [0.15, 0.2) is 36.5 Å². The molecule has 0 bridgehead atoms. The van der Waals surface area contributed by atoms with Gasteiger partial charge in [-0.15, -0.1) is 0 Å². The molecular formula is C19H23FN6O. The molecular weight excluding hydrogens is 347 g/mol. The molecule has 2 heterocycles. The standard InChI is InChI=1S/C19H23FN6O/c1-12-10-21-26(11-15-5-4-6-16(20)9-15)18(12)23-19(27)22-13(2)7-17-8-14(3)24-25-17/h4-6,8-10,13H,7,11H2,1-3H3,(H,24,25)(H2,22,23,27)/t13-/m1/s1. The van der Waals surface area contributed by atoms with Gasteiger partial charge in [0.2, 0.25) is 0 Å². The van der Waals surface area contributed by atoms with E-state index in [1.807, 2.05) is 32.9 Å². The molecule has 7 nitrogen and oxygen atoms in total. The van der Waals surface area contributed by atoms with E-state index in [1.54, 1.807) is 16.9 Å². The zero-order valence-corrected chi connectivity index (χ0v) is 15.6. The molecule has 27 heavy (non-hydrogen) atoms. The van der Waals surface area contributed by atoms with Crippen LogP contribution in [0.25, 0.3) is 0 Å². The maximum atomic E-state index is 13.4. The molecule has 0 saturated heterocycles. The van der Waals surface area contributed by atoms with Crippen LogP contribution in [0.4, 0.5) is 15.0 Å². The summed E-state index contributed by atoms with van der Waals surface area (Å²) in [6.07, 6.45) is 2.30. The van der Waals surface area contributed by atoms with E-state index in [0.717, 1.165) is 22.5 Å². The molecule has 2 aromatic heterocycles. The molecule has 142 valence electrons. The first-order valence-corrected chi connectivity index (χ1v) is 8.76. The number of urea groups is 1. The van der Waals surface area contributed by atoms with Gasteiger partial charge in [0.05, 0.1) is 18.4 Å². The van der Waals surface area contributed by atoms with Gasteiger partial charge in [-0.25, -0.2) is 13.9 Å². The Bertz CT molecular complexity index is 932. The Balaban J connectivity index is 1.62. The van der Waals surface area contributed by atoms with Crippen LogP contribution in [0.3, 0.4) is 0 Å². The summed E-state index contributed by atoms with van der Waals surface area (Å²) >= 11 is 0. The lowest BCUT2D eigenvalue weighted by Crippen LogP contribution is -2.38. The number of aromatic amines is 1. The van der Waals surface area contributed by atoms with Gasteiger partial charge in [-0.3, -0.25) is 10.4 Å². The van der Waals surface area contributed by atoms with Crippen LogP contribution in [0, 0.1) is 19.7 Å². The Labute approximate surface area is 157 Å². The third-order valence-electron chi connectivity index (χ3n) is 4.13. The average Bonchev–Trinajstić information content (AvgIpc) is 3.14.